The van der Waals surface area contributed by atoms with E-state index in [9.17, 15) is 12.8 Å². The van der Waals surface area contributed by atoms with E-state index in [-0.39, 0.29) is 40.6 Å². The van der Waals surface area contributed by atoms with Crippen LogP contribution in [0.1, 0.15) is 18.9 Å². The number of nitrogens with one attached hydrogen (secondary N) is 1. The van der Waals surface area contributed by atoms with Gasteiger partial charge in [0.25, 0.3) is 0 Å². The number of sulfonamides is 1. The lowest BCUT2D eigenvalue weighted by atomic mass is 10.0. The molecule has 2 unspecified atom stereocenters. The Morgan fingerprint density at radius 1 is 1.52 bits per heavy atom. The number of hydrogen-bond acceptors (Lipinski definition) is 4. The molecule has 1 aromatic carbocycles. The first-order valence-corrected chi connectivity index (χ1v) is 8.50. The third-order valence-electron chi connectivity index (χ3n) is 3.68. The van der Waals surface area contributed by atoms with Crippen LogP contribution in [0.4, 0.5) is 4.39 Å². The molecule has 0 aromatic heterocycles. The van der Waals surface area contributed by atoms with Gasteiger partial charge in [0.2, 0.25) is 10.0 Å². The monoisotopic (exact) mass is 336 g/mol. The first kappa shape index (κ1) is 16.6. The van der Waals surface area contributed by atoms with Crippen LogP contribution in [0, 0.1) is 11.7 Å². The van der Waals surface area contributed by atoms with Crippen molar-refractivity contribution in [3.63, 3.8) is 0 Å². The van der Waals surface area contributed by atoms with Gasteiger partial charge in [-0.2, -0.15) is 0 Å². The van der Waals surface area contributed by atoms with E-state index in [0.29, 0.717) is 6.61 Å². The van der Waals surface area contributed by atoms with E-state index in [1.54, 1.807) is 0 Å². The molecule has 1 aliphatic heterocycles. The van der Waals surface area contributed by atoms with Gasteiger partial charge in [-0.1, -0.05) is 11.6 Å². The molecule has 21 heavy (non-hydrogen) atoms. The average molecular weight is 337 g/mol. The summed E-state index contributed by atoms with van der Waals surface area (Å²) in [7, 11) is -3.80. The fourth-order valence-electron chi connectivity index (χ4n) is 2.27. The van der Waals surface area contributed by atoms with Crippen molar-refractivity contribution in [2.24, 2.45) is 11.7 Å². The molecular weight excluding hydrogens is 319 g/mol. The normalized spacial score (nSPS) is 22.7. The predicted octanol–water partition coefficient (Wildman–Crippen LogP) is 1.64. The average Bonchev–Trinajstić information content (AvgIpc) is 2.85. The van der Waals surface area contributed by atoms with Crippen molar-refractivity contribution in [3.05, 3.63) is 28.5 Å². The molecule has 0 saturated carbocycles. The van der Waals surface area contributed by atoms with Crippen LogP contribution in [0.3, 0.4) is 0 Å². The van der Waals surface area contributed by atoms with Gasteiger partial charge in [0, 0.05) is 25.6 Å². The third-order valence-corrected chi connectivity index (χ3v) is 5.50. The Labute approximate surface area is 128 Å². The minimum absolute atomic E-state index is 0.00857. The molecule has 2 atom stereocenters. The lowest BCUT2D eigenvalue weighted by Crippen LogP contribution is -2.32. The Hall–Kier alpha value is -0.730. The summed E-state index contributed by atoms with van der Waals surface area (Å²) in [6.07, 6.45) is 0.807. The van der Waals surface area contributed by atoms with Gasteiger partial charge in [0.15, 0.2) is 0 Å². The molecule has 0 spiro atoms. The summed E-state index contributed by atoms with van der Waals surface area (Å²) >= 11 is 5.73. The molecule has 1 saturated heterocycles. The summed E-state index contributed by atoms with van der Waals surface area (Å²) in [5.41, 5.74) is 5.70. The van der Waals surface area contributed by atoms with Crippen molar-refractivity contribution in [2.75, 3.05) is 13.2 Å². The van der Waals surface area contributed by atoms with Crippen LogP contribution in [-0.2, 0) is 21.3 Å². The van der Waals surface area contributed by atoms with Crippen LogP contribution in [0.25, 0.3) is 0 Å². The first-order valence-electron chi connectivity index (χ1n) is 6.64. The van der Waals surface area contributed by atoms with E-state index < -0.39 is 15.8 Å². The fourth-order valence-corrected chi connectivity index (χ4v) is 3.61. The number of rotatable bonds is 5. The highest BCUT2D eigenvalue weighted by Crippen LogP contribution is 2.25. The molecule has 0 amide bonds. The molecule has 0 bridgehead atoms. The molecule has 1 heterocycles. The van der Waals surface area contributed by atoms with Gasteiger partial charge in [-0.05, 0) is 31.0 Å². The topological polar surface area (TPSA) is 81.4 Å². The molecule has 1 aromatic rings. The second kappa shape index (κ2) is 6.58. The van der Waals surface area contributed by atoms with Crippen LogP contribution < -0.4 is 10.5 Å². The Balaban J connectivity index is 2.17. The molecule has 1 fully saturated rings. The SMILES string of the molecule is CC1OCCC1CNS(=O)(=O)c1cc(F)c(Cl)c(CN)c1. The number of hydrogen-bond donors (Lipinski definition) is 2. The zero-order chi connectivity index (χ0) is 15.6. The van der Waals surface area contributed by atoms with Crippen LogP contribution in [0.2, 0.25) is 5.02 Å². The van der Waals surface area contributed by atoms with Crippen molar-refractivity contribution in [1.82, 2.24) is 4.72 Å². The summed E-state index contributed by atoms with van der Waals surface area (Å²) in [6.45, 7) is 2.75. The van der Waals surface area contributed by atoms with E-state index in [1.807, 2.05) is 6.92 Å². The quantitative estimate of drug-likeness (QED) is 0.856. The largest absolute Gasteiger partial charge is 0.378 e. The van der Waals surface area contributed by atoms with Crippen LogP contribution >= 0.6 is 11.6 Å². The van der Waals surface area contributed by atoms with Crippen LogP contribution in [-0.4, -0.2) is 27.7 Å². The van der Waals surface area contributed by atoms with E-state index >= 15 is 0 Å². The lowest BCUT2D eigenvalue weighted by molar-refractivity contribution is 0.107. The fraction of sp³-hybridized carbons (Fsp3) is 0.538. The summed E-state index contributed by atoms with van der Waals surface area (Å²) in [4.78, 5) is -0.170. The standard InChI is InChI=1S/C13H18ClFN2O3S/c1-8-9(2-3-20-8)7-17-21(18,19)11-4-10(6-16)13(14)12(15)5-11/h4-5,8-9,17H,2-3,6-7,16H2,1H3. The van der Waals surface area contributed by atoms with E-state index in [4.69, 9.17) is 22.1 Å². The van der Waals surface area contributed by atoms with E-state index in [0.717, 1.165) is 12.5 Å². The number of ether oxygens (including phenoxy) is 1. The number of nitrogens with two attached hydrogens (primary N) is 1. The number of benzene rings is 1. The summed E-state index contributed by atoms with van der Waals surface area (Å²) in [5, 5.41) is -0.144. The van der Waals surface area contributed by atoms with E-state index in [2.05, 4.69) is 4.72 Å². The Kier molecular flexibility index (Phi) is 5.21. The predicted molar refractivity (Wildman–Crippen MR) is 78.0 cm³/mol. The molecule has 2 rings (SSSR count). The zero-order valence-corrected chi connectivity index (χ0v) is 13.2. The van der Waals surface area contributed by atoms with Gasteiger partial charge in [0.1, 0.15) is 5.82 Å². The maximum absolute atomic E-state index is 13.7. The third kappa shape index (κ3) is 3.73. The highest BCUT2D eigenvalue weighted by atomic mass is 35.5. The van der Waals surface area contributed by atoms with Crippen molar-refractivity contribution in [1.29, 1.82) is 0 Å². The van der Waals surface area contributed by atoms with E-state index in [1.165, 1.54) is 6.07 Å². The molecule has 118 valence electrons. The van der Waals surface area contributed by atoms with Gasteiger partial charge in [-0.15, -0.1) is 0 Å². The van der Waals surface area contributed by atoms with Gasteiger partial charge < -0.3 is 10.5 Å². The Morgan fingerprint density at radius 2 is 2.24 bits per heavy atom. The van der Waals surface area contributed by atoms with Crippen molar-refractivity contribution in [2.45, 2.75) is 30.9 Å². The summed E-state index contributed by atoms with van der Waals surface area (Å²) in [6, 6.07) is 2.20. The van der Waals surface area contributed by atoms with Crippen LogP contribution in [0.15, 0.2) is 17.0 Å². The second-order valence-electron chi connectivity index (χ2n) is 5.06. The van der Waals surface area contributed by atoms with Gasteiger partial charge in [-0.25, -0.2) is 17.5 Å². The zero-order valence-electron chi connectivity index (χ0n) is 11.6. The maximum atomic E-state index is 13.7. The molecule has 1 aliphatic rings. The molecule has 3 N–H and O–H groups in total. The highest BCUT2D eigenvalue weighted by Gasteiger charge is 2.26. The van der Waals surface area contributed by atoms with Gasteiger partial charge >= 0.3 is 0 Å². The van der Waals surface area contributed by atoms with Gasteiger partial charge in [-0.3, -0.25) is 0 Å². The van der Waals surface area contributed by atoms with Crippen molar-refractivity contribution >= 4 is 21.6 Å². The first-order chi connectivity index (χ1) is 9.85. The molecule has 0 aliphatic carbocycles. The minimum Gasteiger partial charge on any atom is -0.378 e. The molecular formula is C13H18ClFN2O3S. The highest BCUT2D eigenvalue weighted by molar-refractivity contribution is 7.89. The Morgan fingerprint density at radius 3 is 2.81 bits per heavy atom. The second-order valence-corrected chi connectivity index (χ2v) is 7.20. The van der Waals surface area contributed by atoms with Gasteiger partial charge in [0.05, 0.1) is 16.0 Å². The lowest BCUT2D eigenvalue weighted by Gasteiger charge is -2.15. The minimum atomic E-state index is -3.80. The molecule has 0 radical (unpaired) electrons. The maximum Gasteiger partial charge on any atom is 0.240 e. The smallest absolute Gasteiger partial charge is 0.240 e. The van der Waals surface area contributed by atoms with Crippen LogP contribution in [0.5, 0.6) is 0 Å². The molecule has 5 nitrogen and oxygen atoms in total. The molecule has 8 heteroatoms. The van der Waals surface area contributed by atoms with Crippen molar-refractivity contribution in [3.8, 4) is 0 Å². The number of halogens is 2. The summed E-state index contributed by atoms with van der Waals surface area (Å²) in [5.74, 6) is -0.677. The Bertz CT molecular complexity index is 624. The summed E-state index contributed by atoms with van der Waals surface area (Å²) < 4.78 is 46.0. The van der Waals surface area contributed by atoms with Crippen molar-refractivity contribution < 1.29 is 17.5 Å².